The van der Waals surface area contributed by atoms with E-state index in [1.807, 2.05) is 0 Å². The van der Waals surface area contributed by atoms with Gasteiger partial charge in [-0.05, 0) is 62.8 Å². The molecule has 0 fully saturated rings. The predicted octanol–water partition coefficient (Wildman–Crippen LogP) is 6.24. The summed E-state index contributed by atoms with van der Waals surface area (Å²) in [6.07, 6.45) is 8.70. The molecule has 1 aliphatic carbocycles. The number of unbranched alkanes of at least 4 members (excludes halogenated alkanes) is 2. The van der Waals surface area contributed by atoms with E-state index in [2.05, 4.69) is 52.0 Å². The number of aromatic nitrogens is 2. The van der Waals surface area contributed by atoms with E-state index in [1.54, 1.807) is 0 Å². The third-order valence-electron chi connectivity index (χ3n) is 5.42. The van der Waals surface area contributed by atoms with Gasteiger partial charge in [-0.3, -0.25) is 20.0 Å². The molecule has 0 saturated heterocycles. The molecular weight excluding hydrogens is 368 g/mol. The average molecular weight is 405 g/mol. The van der Waals surface area contributed by atoms with Crippen molar-refractivity contribution in [1.29, 1.82) is 0 Å². The van der Waals surface area contributed by atoms with Crippen LogP contribution in [0, 0.1) is 0 Å². The Balaban J connectivity index is 2.18. The summed E-state index contributed by atoms with van der Waals surface area (Å²) in [5.74, 6) is 0. The molecule has 0 bridgehead atoms. The molecule has 2 aromatic rings. The normalized spacial score (nSPS) is 15.5. The second kappa shape index (κ2) is 11.1. The Kier molecular flexibility index (Phi) is 8.30. The Morgan fingerprint density at radius 2 is 1.03 bits per heavy atom. The number of nitrogens with zero attached hydrogens (tertiary/aromatic N) is 4. The van der Waals surface area contributed by atoms with Crippen molar-refractivity contribution in [2.45, 2.75) is 79.1 Å². The number of pyridine rings is 2. The molecule has 4 nitrogen and oxygen atoms in total. The summed E-state index contributed by atoms with van der Waals surface area (Å²) in [4.78, 5) is 20.1. The van der Waals surface area contributed by atoms with Crippen LogP contribution in [-0.2, 0) is 12.8 Å². The van der Waals surface area contributed by atoms with Crippen LogP contribution in [0.2, 0.25) is 0 Å². The first-order valence-corrected chi connectivity index (χ1v) is 11.8. The van der Waals surface area contributed by atoms with E-state index in [0.717, 1.165) is 96.9 Å². The largest absolute Gasteiger partial charge is 0.282 e. The Hall–Kier alpha value is -2.36. The lowest BCUT2D eigenvalue weighted by Gasteiger charge is -2.23. The molecule has 0 saturated carbocycles. The van der Waals surface area contributed by atoms with Crippen LogP contribution < -0.4 is 0 Å². The zero-order valence-electron chi connectivity index (χ0n) is 19.2. The van der Waals surface area contributed by atoms with E-state index in [4.69, 9.17) is 20.0 Å². The van der Waals surface area contributed by atoms with Crippen LogP contribution in [-0.4, -0.2) is 34.5 Å². The molecule has 1 aliphatic rings. The highest BCUT2D eigenvalue weighted by atomic mass is 14.9. The maximum absolute atomic E-state index is 5.09. The second-order valence-electron chi connectivity index (χ2n) is 8.07. The van der Waals surface area contributed by atoms with Gasteiger partial charge in [-0.2, -0.15) is 0 Å². The zero-order valence-corrected chi connectivity index (χ0v) is 19.2. The van der Waals surface area contributed by atoms with E-state index in [0.29, 0.717) is 0 Å². The number of aryl methyl sites for hydroxylation is 2. The SMILES string of the molecule is CCCCc1ccc2c(n1)-c1nc(CCCC)ccc1C(=N/CCC)/C2=N\CCC. The van der Waals surface area contributed by atoms with Gasteiger partial charge in [-0.15, -0.1) is 0 Å². The molecule has 3 rings (SSSR count). The lowest BCUT2D eigenvalue weighted by molar-refractivity contribution is 0.773. The van der Waals surface area contributed by atoms with Gasteiger partial charge in [0.15, 0.2) is 0 Å². The summed E-state index contributed by atoms with van der Waals surface area (Å²) in [6.45, 7) is 10.4. The molecule has 0 aliphatic heterocycles. The minimum absolute atomic E-state index is 0.800. The van der Waals surface area contributed by atoms with Crippen LogP contribution in [0.25, 0.3) is 11.4 Å². The van der Waals surface area contributed by atoms with Crippen molar-refractivity contribution in [3.63, 3.8) is 0 Å². The molecule has 0 unspecified atom stereocenters. The maximum Gasteiger partial charge on any atom is 0.0991 e. The van der Waals surface area contributed by atoms with Crippen LogP contribution in [0.4, 0.5) is 0 Å². The monoisotopic (exact) mass is 404 g/mol. The van der Waals surface area contributed by atoms with E-state index in [-0.39, 0.29) is 0 Å². The summed E-state index contributed by atoms with van der Waals surface area (Å²) in [5, 5.41) is 0. The number of hydrogen-bond donors (Lipinski definition) is 0. The molecule has 0 spiro atoms. The maximum atomic E-state index is 5.09. The Morgan fingerprint density at radius 3 is 1.40 bits per heavy atom. The number of hydrogen-bond acceptors (Lipinski definition) is 4. The molecule has 0 aromatic carbocycles. The van der Waals surface area contributed by atoms with Crippen molar-refractivity contribution in [2.24, 2.45) is 9.98 Å². The van der Waals surface area contributed by atoms with Gasteiger partial charge >= 0.3 is 0 Å². The van der Waals surface area contributed by atoms with Gasteiger partial charge < -0.3 is 0 Å². The first-order valence-electron chi connectivity index (χ1n) is 11.8. The van der Waals surface area contributed by atoms with Gasteiger partial charge in [-0.25, -0.2) is 0 Å². The van der Waals surface area contributed by atoms with Crippen molar-refractivity contribution in [3.8, 4) is 11.4 Å². The fourth-order valence-electron chi connectivity index (χ4n) is 3.76. The lowest BCUT2D eigenvalue weighted by Crippen LogP contribution is -2.26. The van der Waals surface area contributed by atoms with E-state index < -0.39 is 0 Å². The molecule has 4 heteroatoms. The highest BCUT2D eigenvalue weighted by Gasteiger charge is 2.29. The van der Waals surface area contributed by atoms with Crippen molar-refractivity contribution < 1.29 is 0 Å². The van der Waals surface area contributed by atoms with E-state index >= 15 is 0 Å². The van der Waals surface area contributed by atoms with Crippen LogP contribution >= 0.6 is 0 Å². The molecule has 0 radical (unpaired) electrons. The molecule has 160 valence electrons. The summed E-state index contributed by atoms with van der Waals surface area (Å²) in [5.41, 5.74) is 8.43. The first kappa shape index (κ1) is 22.3. The number of fused-ring (bicyclic) bond motifs is 3. The van der Waals surface area contributed by atoms with Gasteiger partial charge in [-0.1, -0.05) is 40.5 Å². The van der Waals surface area contributed by atoms with Crippen LogP contribution in [0.5, 0.6) is 0 Å². The Bertz CT molecular complexity index is 836. The number of aliphatic imine (C=N–C) groups is 2. The molecular formula is C26H36N4. The summed E-state index contributed by atoms with van der Waals surface area (Å²) in [6, 6.07) is 8.73. The summed E-state index contributed by atoms with van der Waals surface area (Å²) >= 11 is 0. The molecule has 30 heavy (non-hydrogen) atoms. The van der Waals surface area contributed by atoms with Gasteiger partial charge in [0.05, 0.1) is 22.8 Å². The second-order valence-corrected chi connectivity index (χ2v) is 8.07. The van der Waals surface area contributed by atoms with Gasteiger partial charge in [0.1, 0.15) is 0 Å². The highest BCUT2D eigenvalue weighted by molar-refractivity contribution is 6.56. The van der Waals surface area contributed by atoms with E-state index in [9.17, 15) is 0 Å². The lowest BCUT2D eigenvalue weighted by atomic mass is 9.88. The highest BCUT2D eigenvalue weighted by Crippen LogP contribution is 2.32. The van der Waals surface area contributed by atoms with Crippen LogP contribution in [0.3, 0.4) is 0 Å². The fourth-order valence-corrected chi connectivity index (χ4v) is 3.76. The smallest absolute Gasteiger partial charge is 0.0991 e. The molecule has 0 amide bonds. The van der Waals surface area contributed by atoms with Gasteiger partial charge in [0.25, 0.3) is 0 Å². The van der Waals surface area contributed by atoms with Gasteiger partial charge in [0.2, 0.25) is 0 Å². The third kappa shape index (κ3) is 5.03. The van der Waals surface area contributed by atoms with Crippen molar-refractivity contribution in [3.05, 3.63) is 46.8 Å². The molecule has 2 heterocycles. The quantitative estimate of drug-likeness (QED) is 0.470. The molecule has 2 aromatic heterocycles. The third-order valence-corrected chi connectivity index (χ3v) is 5.42. The van der Waals surface area contributed by atoms with Crippen molar-refractivity contribution >= 4 is 11.4 Å². The minimum atomic E-state index is 0.800. The summed E-state index contributed by atoms with van der Waals surface area (Å²) < 4.78 is 0. The zero-order chi connectivity index (χ0) is 21.3. The molecule has 0 atom stereocenters. The fraction of sp³-hybridized carbons (Fsp3) is 0.538. The van der Waals surface area contributed by atoms with Crippen molar-refractivity contribution in [1.82, 2.24) is 9.97 Å². The van der Waals surface area contributed by atoms with Gasteiger partial charge in [0, 0.05) is 35.6 Å². The van der Waals surface area contributed by atoms with Crippen molar-refractivity contribution in [2.75, 3.05) is 13.1 Å². The Morgan fingerprint density at radius 1 is 0.600 bits per heavy atom. The van der Waals surface area contributed by atoms with E-state index in [1.165, 1.54) is 12.8 Å². The van der Waals surface area contributed by atoms with Crippen LogP contribution in [0.1, 0.15) is 88.7 Å². The average Bonchev–Trinajstić information content (AvgIpc) is 2.78. The minimum Gasteiger partial charge on any atom is -0.282 e. The number of rotatable bonds is 10. The Labute approximate surface area is 182 Å². The predicted molar refractivity (Wildman–Crippen MR) is 128 cm³/mol. The van der Waals surface area contributed by atoms with Crippen LogP contribution in [0.15, 0.2) is 34.3 Å². The first-order chi connectivity index (χ1) is 14.7. The summed E-state index contributed by atoms with van der Waals surface area (Å²) in [7, 11) is 0. The standard InChI is InChI=1S/C26H36N4/c1-5-9-11-19-13-15-21-23(27-17-7-3)24(28-18-8-4)22-16-14-20(12-10-6-2)30-26(22)25(21)29-19/h13-16H,5-12,17-18H2,1-4H3/b27-23-,28-24-. The molecule has 0 N–H and O–H groups in total. The topological polar surface area (TPSA) is 50.5 Å².